The smallest absolute Gasteiger partial charge is 0.448 e. The van der Waals surface area contributed by atoms with Crippen molar-refractivity contribution in [3.05, 3.63) is 66.5 Å². The van der Waals surface area contributed by atoms with E-state index in [4.69, 9.17) is 4.42 Å². The number of nitrogens with zero attached hydrogens (tertiary/aromatic N) is 4. The molecule has 1 N–H and O–H groups in total. The number of amides is 2. The number of likely N-dealkylation sites (tertiary alicyclic amines) is 2. The molecule has 2 saturated heterocycles. The number of aliphatic imine (C=N–C) groups is 1. The van der Waals surface area contributed by atoms with Crippen LogP contribution < -0.4 is 4.74 Å². The second-order valence-electron chi connectivity index (χ2n) is 9.57. The van der Waals surface area contributed by atoms with E-state index >= 15 is 0 Å². The van der Waals surface area contributed by atoms with Gasteiger partial charge in [-0.2, -0.15) is 0 Å². The number of halogens is 3. The molecular weight excluding hydrogens is 501 g/mol. The third-order valence-corrected chi connectivity index (χ3v) is 6.78. The zero-order chi connectivity index (χ0) is 27.3. The van der Waals surface area contributed by atoms with E-state index in [1.807, 2.05) is 6.92 Å². The Labute approximate surface area is 219 Å². The summed E-state index contributed by atoms with van der Waals surface area (Å²) in [6.45, 7) is 7.17. The molecule has 0 aliphatic carbocycles. The molecule has 8 nitrogen and oxygen atoms in total. The van der Waals surface area contributed by atoms with Crippen molar-refractivity contribution in [1.82, 2.24) is 14.8 Å². The van der Waals surface area contributed by atoms with Crippen LogP contribution in [0.5, 0.6) is 5.75 Å². The number of carbonyl (C=O) groups is 1. The second-order valence-corrected chi connectivity index (χ2v) is 9.57. The van der Waals surface area contributed by atoms with Crippen LogP contribution in [0.25, 0.3) is 5.57 Å². The van der Waals surface area contributed by atoms with Gasteiger partial charge in [-0.05, 0) is 49.5 Å². The fraction of sp³-hybridized carbons (Fsp3) is 0.444. The Morgan fingerprint density at radius 3 is 2.53 bits per heavy atom. The third kappa shape index (κ3) is 7.03. The zero-order valence-electron chi connectivity index (χ0n) is 21.1. The van der Waals surface area contributed by atoms with Gasteiger partial charge in [-0.3, -0.25) is 4.99 Å². The van der Waals surface area contributed by atoms with Crippen molar-refractivity contribution in [3.63, 3.8) is 0 Å². The molecule has 1 aromatic carbocycles. The van der Waals surface area contributed by atoms with Gasteiger partial charge in [0.15, 0.2) is 5.89 Å². The van der Waals surface area contributed by atoms with Gasteiger partial charge in [0, 0.05) is 44.5 Å². The van der Waals surface area contributed by atoms with Crippen LogP contribution in [0.15, 0.2) is 58.8 Å². The fourth-order valence-electron chi connectivity index (χ4n) is 4.81. The van der Waals surface area contributed by atoms with Crippen molar-refractivity contribution in [1.29, 1.82) is 0 Å². The van der Waals surface area contributed by atoms with E-state index in [1.54, 1.807) is 46.7 Å². The number of aliphatic hydroxyl groups is 1. The van der Waals surface area contributed by atoms with Gasteiger partial charge in [-0.15, -0.1) is 13.2 Å². The SMILES string of the molecule is C=CC=N/C=C(\C)c1coc(C2CC(c3ccc(OC(F)(F)F)cc3)CN(C(=O)N3CCC(O)CC3)C2)n1. The fourth-order valence-corrected chi connectivity index (χ4v) is 4.81. The van der Waals surface area contributed by atoms with E-state index in [9.17, 15) is 23.1 Å². The minimum absolute atomic E-state index is 0.134. The van der Waals surface area contributed by atoms with Gasteiger partial charge in [0.05, 0.1) is 12.0 Å². The first-order valence-corrected chi connectivity index (χ1v) is 12.5. The lowest BCUT2D eigenvalue weighted by Crippen LogP contribution is -2.51. The summed E-state index contributed by atoms with van der Waals surface area (Å²) in [5, 5.41) is 9.84. The highest BCUT2D eigenvalue weighted by Gasteiger charge is 2.37. The molecule has 2 unspecified atom stereocenters. The number of aromatic nitrogens is 1. The highest BCUT2D eigenvalue weighted by Crippen LogP contribution is 2.37. The molecular formula is C27H31F3N4O4. The maximum atomic E-state index is 13.4. The second kappa shape index (κ2) is 11.8. The topological polar surface area (TPSA) is 91.4 Å². The summed E-state index contributed by atoms with van der Waals surface area (Å²) in [5.74, 6) is -0.198. The molecule has 3 heterocycles. The minimum Gasteiger partial charge on any atom is -0.448 e. The summed E-state index contributed by atoms with van der Waals surface area (Å²) in [5.41, 5.74) is 2.21. The summed E-state index contributed by atoms with van der Waals surface area (Å²) in [7, 11) is 0. The number of piperidine rings is 2. The summed E-state index contributed by atoms with van der Waals surface area (Å²) in [6.07, 6.45) is 2.80. The number of alkyl halides is 3. The van der Waals surface area contributed by atoms with Gasteiger partial charge >= 0.3 is 12.4 Å². The first-order valence-electron chi connectivity index (χ1n) is 12.5. The van der Waals surface area contributed by atoms with Gasteiger partial charge in [0.25, 0.3) is 0 Å². The average Bonchev–Trinajstić information content (AvgIpc) is 3.39. The van der Waals surface area contributed by atoms with Crippen molar-refractivity contribution >= 4 is 17.8 Å². The lowest BCUT2D eigenvalue weighted by atomic mass is 9.84. The molecule has 2 aliphatic heterocycles. The van der Waals surface area contributed by atoms with E-state index < -0.39 is 12.5 Å². The molecule has 0 saturated carbocycles. The highest BCUT2D eigenvalue weighted by atomic mass is 19.4. The maximum Gasteiger partial charge on any atom is 0.573 e. The molecule has 2 amide bonds. The Balaban J connectivity index is 1.57. The van der Waals surface area contributed by atoms with Gasteiger partial charge in [0.1, 0.15) is 17.7 Å². The van der Waals surface area contributed by atoms with E-state index in [-0.39, 0.29) is 23.6 Å². The van der Waals surface area contributed by atoms with E-state index in [0.29, 0.717) is 57.0 Å². The summed E-state index contributed by atoms with van der Waals surface area (Å²) in [6, 6.07) is 5.63. The van der Waals surface area contributed by atoms with Crippen molar-refractivity contribution < 1.29 is 32.2 Å². The molecule has 38 heavy (non-hydrogen) atoms. The first kappa shape index (κ1) is 27.4. The van der Waals surface area contributed by atoms with Crippen molar-refractivity contribution in [2.45, 2.75) is 50.5 Å². The molecule has 0 radical (unpaired) electrons. The monoisotopic (exact) mass is 532 g/mol. The van der Waals surface area contributed by atoms with Gasteiger partial charge in [-0.1, -0.05) is 24.8 Å². The van der Waals surface area contributed by atoms with Crippen LogP contribution in [0, 0.1) is 0 Å². The quantitative estimate of drug-likeness (QED) is 0.507. The summed E-state index contributed by atoms with van der Waals surface area (Å²) >= 11 is 0. The van der Waals surface area contributed by atoms with Crippen LogP contribution >= 0.6 is 0 Å². The lowest BCUT2D eigenvalue weighted by Gasteiger charge is -2.40. The Kier molecular flexibility index (Phi) is 8.55. The Morgan fingerprint density at radius 2 is 1.87 bits per heavy atom. The Bertz CT molecular complexity index is 1170. The average molecular weight is 533 g/mol. The highest BCUT2D eigenvalue weighted by molar-refractivity contribution is 5.75. The maximum absolute atomic E-state index is 13.4. The number of aliphatic hydroxyl groups excluding tert-OH is 1. The minimum atomic E-state index is -4.77. The number of rotatable bonds is 6. The van der Waals surface area contributed by atoms with Crippen LogP contribution in [0.4, 0.5) is 18.0 Å². The molecule has 2 aromatic rings. The number of ether oxygens (including phenoxy) is 1. The molecule has 11 heteroatoms. The van der Waals surface area contributed by atoms with Gasteiger partial charge in [-0.25, -0.2) is 9.78 Å². The Hall–Kier alpha value is -3.60. The molecule has 2 aliphatic rings. The number of urea groups is 1. The standard InChI is InChI=1S/C27H31F3N4O4/c1-3-10-31-14-18(2)24-17-37-25(32-24)21-13-20(19-4-6-23(7-5-19)38-27(28,29)30)15-34(16-21)26(36)33-11-8-22(35)9-12-33/h3-7,10,14,17,20-22,35H,1,8-9,11-13,15-16H2,2H3/b18-14+,31-10?. The summed E-state index contributed by atoms with van der Waals surface area (Å²) in [4.78, 5) is 25.7. The predicted molar refractivity (Wildman–Crippen MR) is 136 cm³/mol. The molecule has 2 atom stereocenters. The number of carbonyl (C=O) groups excluding carboxylic acids is 1. The number of oxazole rings is 1. The van der Waals surface area contributed by atoms with E-state index in [2.05, 4.69) is 21.3 Å². The zero-order valence-corrected chi connectivity index (χ0v) is 21.1. The lowest BCUT2D eigenvalue weighted by molar-refractivity contribution is -0.274. The molecule has 0 bridgehead atoms. The number of allylic oxidation sites excluding steroid dienone is 2. The third-order valence-electron chi connectivity index (χ3n) is 6.78. The molecule has 1 aromatic heterocycles. The van der Waals surface area contributed by atoms with Crippen LogP contribution in [-0.2, 0) is 0 Å². The molecule has 2 fully saturated rings. The van der Waals surface area contributed by atoms with Gasteiger partial charge in [0.2, 0.25) is 0 Å². The number of benzene rings is 1. The van der Waals surface area contributed by atoms with E-state index in [0.717, 1.165) is 11.1 Å². The number of hydrogen-bond donors (Lipinski definition) is 1. The summed E-state index contributed by atoms with van der Waals surface area (Å²) < 4.78 is 47.6. The van der Waals surface area contributed by atoms with Crippen LogP contribution in [-0.4, -0.2) is 70.8 Å². The molecule has 204 valence electrons. The molecule has 0 spiro atoms. The van der Waals surface area contributed by atoms with Crippen molar-refractivity contribution in [3.8, 4) is 5.75 Å². The van der Waals surface area contributed by atoms with Crippen molar-refractivity contribution in [2.75, 3.05) is 26.2 Å². The Morgan fingerprint density at radius 1 is 1.18 bits per heavy atom. The van der Waals surface area contributed by atoms with Gasteiger partial charge < -0.3 is 24.1 Å². The van der Waals surface area contributed by atoms with Crippen LogP contribution in [0.3, 0.4) is 0 Å². The number of hydrogen-bond acceptors (Lipinski definition) is 6. The van der Waals surface area contributed by atoms with E-state index in [1.165, 1.54) is 12.1 Å². The van der Waals surface area contributed by atoms with Crippen LogP contribution in [0.2, 0.25) is 0 Å². The molecule has 4 rings (SSSR count). The largest absolute Gasteiger partial charge is 0.573 e. The normalized spacial score (nSPS) is 21.7. The predicted octanol–water partition coefficient (Wildman–Crippen LogP) is 5.34. The van der Waals surface area contributed by atoms with Crippen LogP contribution in [0.1, 0.15) is 55.2 Å². The van der Waals surface area contributed by atoms with Crippen molar-refractivity contribution in [2.24, 2.45) is 4.99 Å². The first-order chi connectivity index (χ1) is 18.1.